The summed E-state index contributed by atoms with van der Waals surface area (Å²) in [5, 5.41) is 13.8. The summed E-state index contributed by atoms with van der Waals surface area (Å²) in [6.07, 6.45) is 0.335. The molecule has 1 aliphatic carbocycles. The summed E-state index contributed by atoms with van der Waals surface area (Å²) in [4.78, 5) is 20.3. The van der Waals surface area contributed by atoms with Crippen LogP contribution < -0.4 is 5.32 Å². The largest absolute Gasteiger partial charge is 0.382 e. The van der Waals surface area contributed by atoms with Gasteiger partial charge in [-0.05, 0) is 25.3 Å². The van der Waals surface area contributed by atoms with Crippen molar-refractivity contribution in [2.45, 2.75) is 31.9 Å². The molecule has 1 aromatic carbocycles. The fourth-order valence-electron chi connectivity index (χ4n) is 3.34. The van der Waals surface area contributed by atoms with Crippen LogP contribution in [0.4, 0.5) is 0 Å². The monoisotopic (exact) mass is 295 g/mol. The summed E-state index contributed by atoms with van der Waals surface area (Å²) >= 11 is 0. The number of ketones is 1. The first-order valence-electron chi connectivity index (χ1n) is 7.48. The number of nitrogens with one attached hydrogen (secondary N) is 2. The van der Waals surface area contributed by atoms with Crippen LogP contribution in [0, 0.1) is 6.92 Å². The van der Waals surface area contributed by atoms with Crippen LogP contribution in [0.1, 0.15) is 35.2 Å². The predicted molar refractivity (Wildman–Crippen MR) is 81.9 cm³/mol. The van der Waals surface area contributed by atoms with Gasteiger partial charge >= 0.3 is 0 Å². The number of nitrogens with zero attached hydrogens (tertiary/aromatic N) is 1. The number of aromatic amines is 1. The van der Waals surface area contributed by atoms with Crippen LogP contribution >= 0.6 is 0 Å². The SMILES string of the molecule is Cc1nc2c([nH]1)CCC1=C2N[C@H](c2ccccc2)[C@@H](O)C1=O. The number of aliphatic hydroxyl groups is 1. The van der Waals surface area contributed by atoms with E-state index in [0.29, 0.717) is 12.0 Å². The molecule has 5 heteroatoms. The molecule has 4 rings (SSSR count). The minimum absolute atomic E-state index is 0.186. The molecule has 0 saturated carbocycles. The molecule has 1 aliphatic heterocycles. The molecule has 0 spiro atoms. The average Bonchev–Trinajstić information content (AvgIpc) is 2.92. The molecule has 2 heterocycles. The Balaban J connectivity index is 1.81. The van der Waals surface area contributed by atoms with Gasteiger partial charge in [-0.25, -0.2) is 4.98 Å². The maximum atomic E-state index is 12.6. The van der Waals surface area contributed by atoms with Crippen molar-refractivity contribution in [3.05, 3.63) is 58.7 Å². The maximum Gasteiger partial charge on any atom is 0.191 e. The molecular weight excluding hydrogens is 278 g/mol. The Bertz CT molecular complexity index is 776. The fraction of sp³-hybridized carbons (Fsp3) is 0.294. The molecule has 3 N–H and O–H groups in total. The van der Waals surface area contributed by atoms with Gasteiger partial charge in [-0.15, -0.1) is 0 Å². The van der Waals surface area contributed by atoms with Crippen LogP contribution in [-0.4, -0.2) is 27.0 Å². The molecule has 0 fully saturated rings. The van der Waals surface area contributed by atoms with E-state index in [-0.39, 0.29) is 5.78 Å². The highest BCUT2D eigenvalue weighted by molar-refractivity contribution is 6.07. The van der Waals surface area contributed by atoms with E-state index in [1.807, 2.05) is 37.3 Å². The zero-order chi connectivity index (χ0) is 15.3. The zero-order valence-corrected chi connectivity index (χ0v) is 12.3. The summed E-state index contributed by atoms with van der Waals surface area (Å²) < 4.78 is 0. The van der Waals surface area contributed by atoms with Crippen molar-refractivity contribution in [3.63, 3.8) is 0 Å². The van der Waals surface area contributed by atoms with Gasteiger partial charge in [-0.3, -0.25) is 4.79 Å². The quantitative estimate of drug-likeness (QED) is 0.747. The molecule has 112 valence electrons. The van der Waals surface area contributed by atoms with Gasteiger partial charge in [0.05, 0.1) is 11.7 Å². The predicted octanol–water partition coefficient (Wildman–Crippen LogP) is 1.65. The Labute approximate surface area is 128 Å². The van der Waals surface area contributed by atoms with Gasteiger partial charge in [0.15, 0.2) is 5.78 Å². The van der Waals surface area contributed by atoms with Gasteiger partial charge in [0.25, 0.3) is 0 Å². The molecule has 22 heavy (non-hydrogen) atoms. The lowest BCUT2D eigenvalue weighted by molar-refractivity contribution is -0.125. The number of benzene rings is 1. The van der Waals surface area contributed by atoms with Gasteiger partial charge in [0, 0.05) is 11.3 Å². The Morgan fingerprint density at radius 1 is 1.23 bits per heavy atom. The average molecular weight is 295 g/mol. The molecule has 1 aromatic heterocycles. The van der Waals surface area contributed by atoms with Gasteiger partial charge in [-0.2, -0.15) is 0 Å². The molecule has 0 unspecified atom stereocenters. The summed E-state index contributed by atoms with van der Waals surface area (Å²) in [5.41, 5.74) is 4.21. The molecule has 0 bridgehead atoms. The van der Waals surface area contributed by atoms with Crippen molar-refractivity contribution in [2.24, 2.45) is 0 Å². The van der Waals surface area contributed by atoms with Crippen LogP contribution in [0.15, 0.2) is 35.9 Å². The van der Waals surface area contributed by atoms with Crippen LogP contribution in [-0.2, 0) is 11.2 Å². The van der Waals surface area contributed by atoms with Crippen molar-refractivity contribution in [1.29, 1.82) is 0 Å². The maximum absolute atomic E-state index is 12.6. The van der Waals surface area contributed by atoms with E-state index in [1.165, 1.54) is 0 Å². The molecule has 2 atom stereocenters. The Hall–Kier alpha value is -2.40. The first-order valence-corrected chi connectivity index (χ1v) is 7.48. The topological polar surface area (TPSA) is 78.0 Å². The molecule has 0 radical (unpaired) electrons. The second-order valence-electron chi connectivity index (χ2n) is 5.84. The van der Waals surface area contributed by atoms with Gasteiger partial charge in [0.2, 0.25) is 0 Å². The molecule has 2 aromatic rings. The lowest BCUT2D eigenvalue weighted by Gasteiger charge is -2.34. The number of carbonyl (C=O) groups is 1. The van der Waals surface area contributed by atoms with Crippen molar-refractivity contribution in [1.82, 2.24) is 15.3 Å². The standard InChI is InChI=1S/C17H17N3O2/c1-9-18-12-8-7-11-14(15(12)19-9)20-13(17(22)16(11)21)10-5-3-2-4-6-10/h2-6,13,17,20,22H,7-8H2,1H3,(H,18,19)/t13-,17-/m1/s1. The second-order valence-corrected chi connectivity index (χ2v) is 5.84. The highest BCUT2D eigenvalue weighted by atomic mass is 16.3. The van der Waals surface area contributed by atoms with Crippen molar-refractivity contribution in [2.75, 3.05) is 0 Å². The third-order valence-electron chi connectivity index (χ3n) is 4.40. The molecule has 5 nitrogen and oxygen atoms in total. The van der Waals surface area contributed by atoms with Crippen molar-refractivity contribution >= 4 is 11.5 Å². The highest BCUT2D eigenvalue weighted by Gasteiger charge is 2.39. The minimum atomic E-state index is -1.05. The van der Waals surface area contributed by atoms with Gasteiger partial charge < -0.3 is 15.4 Å². The second kappa shape index (κ2) is 4.81. The number of hydrogen-bond acceptors (Lipinski definition) is 4. The lowest BCUT2D eigenvalue weighted by Crippen LogP contribution is -2.44. The smallest absolute Gasteiger partial charge is 0.191 e. The minimum Gasteiger partial charge on any atom is -0.382 e. The number of fused-ring (bicyclic) bond motifs is 2. The van der Waals surface area contributed by atoms with Crippen LogP contribution in [0.5, 0.6) is 0 Å². The molecule has 0 saturated heterocycles. The van der Waals surface area contributed by atoms with Gasteiger partial charge in [-0.1, -0.05) is 30.3 Å². The highest BCUT2D eigenvalue weighted by Crippen LogP contribution is 2.36. The van der Waals surface area contributed by atoms with E-state index in [9.17, 15) is 9.90 Å². The number of imidazole rings is 1. The Morgan fingerprint density at radius 2 is 2.00 bits per heavy atom. The van der Waals surface area contributed by atoms with Crippen LogP contribution in [0.2, 0.25) is 0 Å². The number of rotatable bonds is 1. The van der Waals surface area contributed by atoms with Crippen molar-refractivity contribution < 1.29 is 9.90 Å². The normalized spacial score (nSPS) is 23.8. The lowest BCUT2D eigenvalue weighted by atomic mass is 9.84. The van der Waals surface area contributed by atoms with E-state index in [0.717, 1.165) is 34.9 Å². The van der Waals surface area contributed by atoms with E-state index in [1.54, 1.807) is 0 Å². The summed E-state index contributed by atoms with van der Waals surface area (Å²) in [5.74, 6) is 0.657. The summed E-state index contributed by atoms with van der Waals surface area (Å²) in [6.45, 7) is 1.91. The number of carbonyl (C=O) groups excluding carboxylic acids is 1. The number of hydrogen-bond donors (Lipinski definition) is 3. The third-order valence-corrected chi connectivity index (χ3v) is 4.40. The van der Waals surface area contributed by atoms with E-state index >= 15 is 0 Å². The Kier molecular flexibility index (Phi) is 2.90. The zero-order valence-electron chi connectivity index (χ0n) is 12.3. The van der Waals surface area contributed by atoms with E-state index < -0.39 is 12.1 Å². The number of Topliss-reactive ketones (excluding diaryl/α,β-unsaturated/α-hetero) is 1. The number of aryl methyl sites for hydroxylation is 2. The van der Waals surface area contributed by atoms with Crippen LogP contribution in [0.3, 0.4) is 0 Å². The molecule has 0 amide bonds. The first-order chi connectivity index (χ1) is 10.6. The van der Waals surface area contributed by atoms with Gasteiger partial charge in [0.1, 0.15) is 17.6 Å². The van der Waals surface area contributed by atoms with Crippen molar-refractivity contribution in [3.8, 4) is 0 Å². The molecular formula is C17H17N3O2. The Morgan fingerprint density at radius 3 is 2.77 bits per heavy atom. The van der Waals surface area contributed by atoms with E-state index in [4.69, 9.17) is 0 Å². The number of aliphatic hydroxyl groups excluding tert-OH is 1. The number of aromatic nitrogens is 2. The molecule has 2 aliphatic rings. The first kappa shape index (κ1) is 13.3. The number of H-pyrrole nitrogens is 1. The summed E-state index contributed by atoms with van der Waals surface area (Å²) in [6, 6.07) is 9.13. The summed E-state index contributed by atoms with van der Waals surface area (Å²) in [7, 11) is 0. The fourth-order valence-corrected chi connectivity index (χ4v) is 3.34. The third kappa shape index (κ3) is 1.89. The van der Waals surface area contributed by atoms with E-state index in [2.05, 4.69) is 15.3 Å². The van der Waals surface area contributed by atoms with Crippen LogP contribution in [0.25, 0.3) is 5.70 Å².